The van der Waals surface area contributed by atoms with Gasteiger partial charge in [0.25, 0.3) is 5.91 Å². The fraction of sp³-hybridized carbons (Fsp3) is 0.318. The third-order valence-corrected chi connectivity index (χ3v) is 5.19. The molecule has 2 amide bonds. The minimum absolute atomic E-state index is 0.000753. The topological polar surface area (TPSA) is 117 Å². The number of carbonyl (C=O) groups is 4. The Morgan fingerprint density at radius 1 is 1.09 bits per heavy atom. The Morgan fingerprint density at radius 2 is 1.88 bits per heavy atom. The minimum Gasteiger partial charge on any atom is -0.455 e. The number of ketones is 1. The first-order valence-electron chi connectivity index (χ1n) is 9.83. The van der Waals surface area contributed by atoms with Gasteiger partial charge in [-0.1, -0.05) is 18.2 Å². The number of hydrogen-bond donors (Lipinski definition) is 1. The van der Waals surface area contributed by atoms with E-state index in [1.807, 2.05) is 6.07 Å². The van der Waals surface area contributed by atoms with Crippen molar-refractivity contribution < 1.29 is 28.3 Å². The Kier molecular flexibility index (Phi) is 10.0. The molecule has 0 aliphatic carbocycles. The van der Waals surface area contributed by atoms with E-state index in [-0.39, 0.29) is 56.2 Å². The van der Waals surface area contributed by atoms with E-state index in [1.54, 1.807) is 23.6 Å². The van der Waals surface area contributed by atoms with Crippen molar-refractivity contribution in [1.29, 1.82) is 5.26 Å². The molecule has 8 nitrogen and oxygen atoms in total. The molecule has 0 atom stereocenters. The Labute approximate surface area is 188 Å². The summed E-state index contributed by atoms with van der Waals surface area (Å²) in [5, 5.41) is 13.1. The predicted octanol–water partition coefficient (Wildman–Crippen LogP) is 2.85. The summed E-state index contributed by atoms with van der Waals surface area (Å²) in [7, 11) is 0. The highest BCUT2D eigenvalue weighted by atomic mass is 32.1. The quantitative estimate of drug-likeness (QED) is 0.385. The van der Waals surface area contributed by atoms with Crippen LogP contribution in [0, 0.1) is 17.1 Å². The lowest BCUT2D eigenvalue weighted by Crippen LogP contribution is -2.36. The largest absolute Gasteiger partial charge is 0.455 e. The number of thiophene rings is 1. The molecular formula is C22H22FN3O5S. The molecule has 0 fully saturated rings. The van der Waals surface area contributed by atoms with E-state index in [0.717, 1.165) is 4.90 Å². The molecule has 1 heterocycles. The van der Waals surface area contributed by atoms with Crippen LogP contribution in [-0.2, 0) is 19.1 Å². The van der Waals surface area contributed by atoms with Crippen LogP contribution in [0.4, 0.5) is 10.1 Å². The van der Waals surface area contributed by atoms with Crippen LogP contribution in [0.1, 0.15) is 35.4 Å². The van der Waals surface area contributed by atoms with Gasteiger partial charge in [0.2, 0.25) is 5.91 Å². The molecule has 1 aromatic heterocycles. The van der Waals surface area contributed by atoms with Crippen molar-refractivity contribution in [3.05, 3.63) is 52.5 Å². The Hall–Kier alpha value is -3.58. The van der Waals surface area contributed by atoms with E-state index in [0.29, 0.717) is 4.88 Å². The van der Waals surface area contributed by atoms with E-state index >= 15 is 0 Å². The molecule has 0 unspecified atom stereocenters. The molecule has 0 spiro atoms. The second kappa shape index (κ2) is 13.0. The molecule has 10 heteroatoms. The first-order valence-corrected chi connectivity index (χ1v) is 10.7. The maximum Gasteiger partial charge on any atom is 0.308 e. The standard InChI is InChI=1S/C22H22FN3O5S/c23-16-5-1-2-6-17(16)26(13-4-11-24)21(29)15-31-22(30)10-12-25-20(28)9-8-18(27)19-7-3-14-32-19/h1-3,5-7,14H,4,8-10,12-13,15H2,(H,25,28). The van der Waals surface area contributed by atoms with Gasteiger partial charge in [-0.05, 0) is 23.6 Å². The molecule has 0 saturated carbocycles. The summed E-state index contributed by atoms with van der Waals surface area (Å²) in [4.78, 5) is 49.6. The number of esters is 1. The van der Waals surface area contributed by atoms with Crippen LogP contribution in [-0.4, -0.2) is 43.3 Å². The van der Waals surface area contributed by atoms with Gasteiger partial charge >= 0.3 is 5.97 Å². The van der Waals surface area contributed by atoms with Crippen LogP contribution >= 0.6 is 11.3 Å². The van der Waals surface area contributed by atoms with E-state index < -0.39 is 24.3 Å². The van der Waals surface area contributed by atoms with E-state index in [1.165, 1.54) is 29.5 Å². The van der Waals surface area contributed by atoms with Gasteiger partial charge in [0, 0.05) is 25.9 Å². The van der Waals surface area contributed by atoms with Crippen molar-refractivity contribution >= 4 is 40.6 Å². The van der Waals surface area contributed by atoms with Crippen molar-refractivity contribution in [2.24, 2.45) is 0 Å². The number of halogens is 1. The summed E-state index contributed by atoms with van der Waals surface area (Å²) in [6.45, 7) is -0.680. The van der Waals surface area contributed by atoms with Gasteiger partial charge in [-0.15, -0.1) is 11.3 Å². The first-order chi connectivity index (χ1) is 15.4. The Morgan fingerprint density at radius 3 is 2.56 bits per heavy atom. The number of rotatable bonds is 12. The molecular weight excluding hydrogens is 437 g/mol. The maximum absolute atomic E-state index is 14.0. The lowest BCUT2D eigenvalue weighted by molar-refractivity contribution is -0.147. The molecule has 32 heavy (non-hydrogen) atoms. The predicted molar refractivity (Wildman–Crippen MR) is 115 cm³/mol. The number of amides is 2. The molecule has 0 aliphatic rings. The SMILES string of the molecule is N#CCCN(C(=O)COC(=O)CCNC(=O)CCC(=O)c1cccs1)c1ccccc1F. The molecule has 168 valence electrons. The monoisotopic (exact) mass is 459 g/mol. The minimum atomic E-state index is -0.720. The summed E-state index contributed by atoms with van der Waals surface area (Å²) in [5.41, 5.74) is -0.00634. The van der Waals surface area contributed by atoms with E-state index in [9.17, 15) is 23.6 Å². The number of nitrogens with one attached hydrogen (secondary N) is 1. The van der Waals surface area contributed by atoms with Crippen molar-refractivity contribution in [3.8, 4) is 6.07 Å². The van der Waals surface area contributed by atoms with Gasteiger partial charge in [-0.2, -0.15) is 5.26 Å². The average Bonchev–Trinajstić information content (AvgIpc) is 3.32. The van der Waals surface area contributed by atoms with Crippen LogP contribution < -0.4 is 10.2 Å². The van der Waals surface area contributed by atoms with Gasteiger partial charge in [0.15, 0.2) is 12.4 Å². The zero-order chi connectivity index (χ0) is 23.3. The van der Waals surface area contributed by atoms with Gasteiger partial charge in [-0.3, -0.25) is 19.2 Å². The lowest BCUT2D eigenvalue weighted by atomic mass is 10.2. The highest BCUT2D eigenvalue weighted by Crippen LogP contribution is 2.19. The maximum atomic E-state index is 14.0. The second-order valence-electron chi connectivity index (χ2n) is 6.57. The smallest absolute Gasteiger partial charge is 0.308 e. The van der Waals surface area contributed by atoms with Gasteiger partial charge in [0.1, 0.15) is 5.82 Å². The molecule has 2 rings (SSSR count). The summed E-state index contributed by atoms with van der Waals surface area (Å²) in [6.07, 6.45) is -0.120. The number of nitrogens with zero attached hydrogens (tertiary/aromatic N) is 2. The van der Waals surface area contributed by atoms with Gasteiger partial charge in [-0.25, -0.2) is 4.39 Å². The summed E-state index contributed by atoms with van der Waals surface area (Å²) in [5.74, 6) is -2.52. The molecule has 1 aromatic carbocycles. The Bertz CT molecular complexity index is 988. The van der Waals surface area contributed by atoms with Crippen LogP contribution in [0.25, 0.3) is 0 Å². The van der Waals surface area contributed by atoms with Crippen LogP contribution in [0.2, 0.25) is 0 Å². The van der Waals surface area contributed by atoms with Crippen molar-refractivity contribution in [2.75, 3.05) is 24.6 Å². The number of nitriles is 1. The number of ether oxygens (including phenoxy) is 1. The van der Waals surface area contributed by atoms with Crippen LogP contribution in [0.15, 0.2) is 41.8 Å². The summed E-state index contributed by atoms with van der Waals surface area (Å²) < 4.78 is 18.9. The lowest BCUT2D eigenvalue weighted by Gasteiger charge is -2.22. The van der Waals surface area contributed by atoms with Crippen molar-refractivity contribution in [3.63, 3.8) is 0 Å². The molecule has 0 aliphatic heterocycles. The fourth-order valence-corrected chi connectivity index (χ4v) is 3.38. The molecule has 0 radical (unpaired) electrons. The number of benzene rings is 1. The molecule has 1 N–H and O–H groups in total. The van der Waals surface area contributed by atoms with Gasteiger partial charge < -0.3 is 15.0 Å². The molecule has 0 saturated heterocycles. The zero-order valence-electron chi connectivity index (χ0n) is 17.2. The highest BCUT2D eigenvalue weighted by Gasteiger charge is 2.20. The number of anilines is 1. The normalized spacial score (nSPS) is 10.1. The number of Topliss-reactive ketones (excluding diaryl/α,β-unsaturated/α-hetero) is 1. The first kappa shape index (κ1) is 24.7. The number of para-hydroxylation sites is 1. The molecule has 0 bridgehead atoms. The van der Waals surface area contributed by atoms with E-state index in [4.69, 9.17) is 10.00 Å². The number of hydrogen-bond acceptors (Lipinski definition) is 7. The average molecular weight is 459 g/mol. The Balaban J connectivity index is 1.72. The number of carbonyl (C=O) groups excluding carboxylic acids is 4. The summed E-state index contributed by atoms with van der Waals surface area (Å²) in [6, 6.07) is 10.9. The van der Waals surface area contributed by atoms with E-state index in [2.05, 4.69) is 5.32 Å². The van der Waals surface area contributed by atoms with Crippen molar-refractivity contribution in [1.82, 2.24) is 5.32 Å². The molecule has 2 aromatic rings. The highest BCUT2D eigenvalue weighted by molar-refractivity contribution is 7.12. The fourth-order valence-electron chi connectivity index (χ4n) is 2.68. The van der Waals surface area contributed by atoms with Gasteiger partial charge in [0.05, 0.1) is 29.5 Å². The third kappa shape index (κ3) is 7.92. The van der Waals surface area contributed by atoms with Crippen LogP contribution in [0.3, 0.4) is 0 Å². The van der Waals surface area contributed by atoms with Crippen molar-refractivity contribution in [2.45, 2.75) is 25.7 Å². The third-order valence-electron chi connectivity index (χ3n) is 4.27. The van der Waals surface area contributed by atoms with Crippen LogP contribution in [0.5, 0.6) is 0 Å². The summed E-state index contributed by atoms with van der Waals surface area (Å²) >= 11 is 1.31. The second-order valence-corrected chi connectivity index (χ2v) is 7.51. The zero-order valence-corrected chi connectivity index (χ0v) is 18.0.